The highest BCUT2D eigenvalue weighted by Gasteiger charge is 2.37. The molecule has 0 saturated carbocycles. The lowest BCUT2D eigenvalue weighted by Gasteiger charge is -2.27. The summed E-state index contributed by atoms with van der Waals surface area (Å²) >= 11 is 0. The first kappa shape index (κ1) is 15.8. The monoisotopic (exact) mass is 290 g/mol. The Morgan fingerprint density at radius 1 is 1.33 bits per heavy atom. The van der Waals surface area contributed by atoms with Crippen molar-refractivity contribution >= 4 is 5.91 Å². The second-order valence-electron chi connectivity index (χ2n) is 6.17. The van der Waals surface area contributed by atoms with Gasteiger partial charge in [-0.15, -0.1) is 0 Å². The molecule has 0 spiro atoms. The number of hydrogen-bond donors (Lipinski definition) is 1. The second-order valence-corrected chi connectivity index (χ2v) is 6.17. The predicted octanol–water partition coefficient (Wildman–Crippen LogP) is 2.73. The predicted molar refractivity (Wildman–Crippen MR) is 84.1 cm³/mol. The largest absolute Gasteiger partial charge is 0.493 e. The van der Waals surface area contributed by atoms with E-state index in [2.05, 4.69) is 20.8 Å². The first-order valence-electron chi connectivity index (χ1n) is 7.80. The van der Waals surface area contributed by atoms with Crippen LogP contribution in [0.25, 0.3) is 0 Å². The van der Waals surface area contributed by atoms with Crippen LogP contribution in [0.15, 0.2) is 24.3 Å². The molecule has 2 N–H and O–H groups in total. The summed E-state index contributed by atoms with van der Waals surface area (Å²) in [6, 6.07) is 7.88. The van der Waals surface area contributed by atoms with Crippen LogP contribution in [0.4, 0.5) is 0 Å². The van der Waals surface area contributed by atoms with Crippen molar-refractivity contribution in [3.63, 3.8) is 0 Å². The lowest BCUT2D eigenvalue weighted by atomic mass is 10.0. The summed E-state index contributed by atoms with van der Waals surface area (Å²) < 4.78 is 5.70. The fourth-order valence-corrected chi connectivity index (χ4v) is 2.77. The van der Waals surface area contributed by atoms with Gasteiger partial charge < -0.3 is 15.4 Å². The average Bonchev–Trinajstić information content (AvgIpc) is 2.72. The number of rotatable bonds is 6. The van der Waals surface area contributed by atoms with E-state index in [1.165, 1.54) is 0 Å². The van der Waals surface area contributed by atoms with Gasteiger partial charge in [-0.25, -0.2) is 0 Å². The number of carbonyl (C=O) groups excluding carboxylic acids is 1. The lowest BCUT2D eigenvalue weighted by molar-refractivity contribution is -0.129. The summed E-state index contributed by atoms with van der Waals surface area (Å²) in [5.74, 6) is 1.53. The van der Waals surface area contributed by atoms with Gasteiger partial charge in [0.15, 0.2) is 0 Å². The van der Waals surface area contributed by atoms with Crippen LogP contribution in [-0.4, -0.2) is 30.0 Å². The zero-order valence-electron chi connectivity index (χ0n) is 13.2. The highest BCUT2D eigenvalue weighted by molar-refractivity contribution is 5.80. The molecule has 0 radical (unpaired) electrons. The Morgan fingerprint density at radius 3 is 2.57 bits per heavy atom. The number of benzene rings is 1. The van der Waals surface area contributed by atoms with Crippen LogP contribution >= 0.6 is 0 Å². The Labute approximate surface area is 127 Å². The Hall–Kier alpha value is -1.55. The van der Waals surface area contributed by atoms with Gasteiger partial charge in [0.1, 0.15) is 5.75 Å². The SMILES string of the molecule is CCCN1C(=O)CC(N)C1c1ccc(OCC(C)C)cc1. The molecule has 2 atom stereocenters. The third-order valence-electron chi connectivity index (χ3n) is 3.74. The van der Waals surface area contributed by atoms with E-state index >= 15 is 0 Å². The number of likely N-dealkylation sites (tertiary alicyclic amines) is 1. The quantitative estimate of drug-likeness (QED) is 0.876. The number of nitrogens with zero attached hydrogens (tertiary/aromatic N) is 1. The molecule has 1 saturated heterocycles. The van der Waals surface area contributed by atoms with Crippen molar-refractivity contribution in [3.8, 4) is 5.75 Å². The zero-order chi connectivity index (χ0) is 15.4. The molecular formula is C17H26N2O2. The molecule has 4 heteroatoms. The minimum absolute atomic E-state index is 0.00315. The molecule has 0 aliphatic carbocycles. The number of nitrogens with two attached hydrogens (primary N) is 1. The number of hydrogen-bond acceptors (Lipinski definition) is 3. The van der Waals surface area contributed by atoms with E-state index in [0.29, 0.717) is 18.9 Å². The average molecular weight is 290 g/mol. The summed E-state index contributed by atoms with van der Waals surface area (Å²) in [6.07, 6.45) is 1.39. The Morgan fingerprint density at radius 2 is 2.00 bits per heavy atom. The molecule has 2 rings (SSSR count). The summed E-state index contributed by atoms with van der Waals surface area (Å²) in [4.78, 5) is 13.9. The van der Waals surface area contributed by atoms with E-state index in [9.17, 15) is 4.79 Å². The number of ether oxygens (including phenoxy) is 1. The molecule has 0 bridgehead atoms. The Bertz CT molecular complexity index is 470. The number of carbonyl (C=O) groups is 1. The van der Waals surface area contributed by atoms with Crippen LogP contribution < -0.4 is 10.5 Å². The molecule has 2 unspecified atom stereocenters. The molecule has 1 aliphatic heterocycles. The maximum absolute atomic E-state index is 12.0. The van der Waals surface area contributed by atoms with Crippen LogP contribution in [0.1, 0.15) is 45.2 Å². The molecular weight excluding hydrogens is 264 g/mol. The second kappa shape index (κ2) is 6.94. The normalized spacial score (nSPS) is 22.1. The maximum Gasteiger partial charge on any atom is 0.224 e. The maximum atomic E-state index is 12.0. The summed E-state index contributed by atoms with van der Waals surface area (Å²) in [5, 5.41) is 0. The highest BCUT2D eigenvalue weighted by atomic mass is 16.5. The summed E-state index contributed by atoms with van der Waals surface area (Å²) in [6.45, 7) is 7.81. The van der Waals surface area contributed by atoms with E-state index in [1.807, 2.05) is 29.2 Å². The van der Waals surface area contributed by atoms with Gasteiger partial charge in [-0.3, -0.25) is 4.79 Å². The van der Waals surface area contributed by atoms with Crippen molar-refractivity contribution in [1.29, 1.82) is 0 Å². The van der Waals surface area contributed by atoms with Crippen LogP contribution in [0.3, 0.4) is 0 Å². The van der Waals surface area contributed by atoms with E-state index in [1.54, 1.807) is 0 Å². The molecule has 116 valence electrons. The molecule has 1 aromatic rings. The minimum Gasteiger partial charge on any atom is -0.493 e. The molecule has 0 aromatic heterocycles. The highest BCUT2D eigenvalue weighted by Crippen LogP contribution is 2.33. The van der Waals surface area contributed by atoms with Crippen LogP contribution in [0.5, 0.6) is 5.75 Å². The molecule has 4 nitrogen and oxygen atoms in total. The standard InChI is InChI=1S/C17H26N2O2/c1-4-9-19-16(20)10-15(18)17(19)13-5-7-14(8-6-13)21-11-12(2)3/h5-8,12,15,17H,4,9-11,18H2,1-3H3. The van der Waals surface area contributed by atoms with Crippen molar-refractivity contribution in [2.24, 2.45) is 11.7 Å². The first-order valence-corrected chi connectivity index (χ1v) is 7.80. The van der Waals surface area contributed by atoms with Crippen LogP contribution in [-0.2, 0) is 4.79 Å². The summed E-state index contributed by atoms with van der Waals surface area (Å²) in [5.41, 5.74) is 7.26. The first-order chi connectivity index (χ1) is 10.0. The third-order valence-corrected chi connectivity index (χ3v) is 3.74. The van der Waals surface area contributed by atoms with Gasteiger partial charge in [-0.1, -0.05) is 32.9 Å². The van der Waals surface area contributed by atoms with Crippen molar-refractivity contribution in [1.82, 2.24) is 4.90 Å². The van der Waals surface area contributed by atoms with Gasteiger partial charge in [0.2, 0.25) is 5.91 Å². The molecule has 1 fully saturated rings. The van der Waals surface area contributed by atoms with Gasteiger partial charge >= 0.3 is 0 Å². The van der Waals surface area contributed by atoms with E-state index in [4.69, 9.17) is 10.5 Å². The van der Waals surface area contributed by atoms with E-state index < -0.39 is 0 Å². The van der Waals surface area contributed by atoms with Crippen molar-refractivity contribution in [3.05, 3.63) is 29.8 Å². The Kier molecular flexibility index (Phi) is 5.23. The fourth-order valence-electron chi connectivity index (χ4n) is 2.77. The molecule has 1 heterocycles. The van der Waals surface area contributed by atoms with Crippen LogP contribution in [0.2, 0.25) is 0 Å². The summed E-state index contributed by atoms with van der Waals surface area (Å²) in [7, 11) is 0. The number of amides is 1. The van der Waals surface area contributed by atoms with Crippen molar-refractivity contribution < 1.29 is 9.53 Å². The third kappa shape index (κ3) is 3.76. The van der Waals surface area contributed by atoms with Gasteiger partial charge in [0, 0.05) is 19.0 Å². The zero-order valence-corrected chi connectivity index (χ0v) is 13.2. The molecule has 21 heavy (non-hydrogen) atoms. The lowest BCUT2D eigenvalue weighted by Crippen LogP contribution is -2.33. The van der Waals surface area contributed by atoms with Gasteiger partial charge in [-0.2, -0.15) is 0 Å². The topological polar surface area (TPSA) is 55.6 Å². The minimum atomic E-state index is -0.119. The van der Waals surface area contributed by atoms with E-state index in [0.717, 1.165) is 24.3 Å². The van der Waals surface area contributed by atoms with E-state index in [-0.39, 0.29) is 18.0 Å². The van der Waals surface area contributed by atoms with Crippen molar-refractivity contribution in [2.45, 2.75) is 45.7 Å². The Balaban J connectivity index is 2.11. The molecule has 1 aromatic carbocycles. The fraction of sp³-hybridized carbons (Fsp3) is 0.588. The van der Waals surface area contributed by atoms with Gasteiger partial charge in [-0.05, 0) is 30.0 Å². The van der Waals surface area contributed by atoms with Crippen molar-refractivity contribution in [2.75, 3.05) is 13.2 Å². The van der Waals surface area contributed by atoms with Gasteiger partial charge in [0.25, 0.3) is 0 Å². The molecule has 1 aliphatic rings. The smallest absolute Gasteiger partial charge is 0.224 e. The van der Waals surface area contributed by atoms with Gasteiger partial charge in [0.05, 0.1) is 12.6 Å². The van der Waals surface area contributed by atoms with Crippen LogP contribution in [0, 0.1) is 5.92 Å². The molecule has 1 amide bonds.